The molecule has 0 aliphatic carbocycles. The number of esters is 2. The number of aliphatic hydroxyl groups is 2. The minimum Gasteiger partial charge on any atom is -0.462 e. The number of unbranched alkanes of at least 4 members (excludes halogenated alkanes) is 21. The second kappa shape index (κ2) is 45.5. The Kier molecular flexibility index (Phi) is 44.1. The predicted octanol–water partition coefficient (Wildman–Crippen LogP) is 12.6. The van der Waals surface area contributed by atoms with Gasteiger partial charge in [-0.2, -0.15) is 0 Å². The number of hydrogen-bond donors (Lipinski definition) is 5. The summed E-state index contributed by atoms with van der Waals surface area (Å²) in [4.78, 5) is 52.9. The lowest BCUT2D eigenvalue weighted by atomic mass is 10.0. The van der Waals surface area contributed by atoms with E-state index in [0.29, 0.717) is 19.3 Å². The van der Waals surface area contributed by atoms with Crippen molar-refractivity contribution in [2.45, 2.75) is 219 Å². The lowest BCUT2D eigenvalue weighted by Gasteiger charge is -2.20. The van der Waals surface area contributed by atoms with Gasteiger partial charge in [-0.25, -0.2) is 9.13 Å². The molecule has 0 heterocycles. The molecule has 0 saturated heterocycles. The summed E-state index contributed by atoms with van der Waals surface area (Å²) >= 11 is 0. The molecule has 14 nitrogen and oxygen atoms in total. The lowest BCUT2D eigenvalue weighted by Crippen LogP contribution is -2.29. The molecule has 0 bridgehead atoms. The van der Waals surface area contributed by atoms with Crippen LogP contribution in [0.1, 0.15) is 206 Å². The third-order valence-corrected chi connectivity index (χ3v) is 12.1. The molecule has 0 fully saturated rings. The predicted molar refractivity (Wildman–Crippen MR) is 264 cm³/mol. The van der Waals surface area contributed by atoms with Gasteiger partial charge in [0.25, 0.3) is 0 Å². The summed E-state index contributed by atoms with van der Waals surface area (Å²) in [5, 5.41) is 18.6. The molecule has 0 spiro atoms. The van der Waals surface area contributed by atoms with Crippen molar-refractivity contribution in [1.82, 2.24) is 0 Å². The Hall–Kier alpha value is -1.96. The number of carbonyl (C=O) groups excluding carboxylic acids is 2. The molecule has 66 heavy (non-hydrogen) atoms. The number of aliphatic hydroxyl groups excluding tert-OH is 2. The highest BCUT2D eigenvalue weighted by atomic mass is 31.2. The highest BCUT2D eigenvalue weighted by Crippen LogP contribution is 2.44. The van der Waals surface area contributed by atoms with Crippen molar-refractivity contribution in [1.29, 1.82) is 0 Å². The summed E-state index contributed by atoms with van der Waals surface area (Å²) in [5.74, 6) is -0.274. The first-order valence-corrected chi connectivity index (χ1v) is 28.3. The van der Waals surface area contributed by atoms with Gasteiger partial charge in [0, 0.05) is 19.4 Å². The highest BCUT2D eigenvalue weighted by molar-refractivity contribution is 7.47. The molecule has 0 amide bonds. The zero-order valence-corrected chi connectivity index (χ0v) is 42.7. The van der Waals surface area contributed by atoms with E-state index in [0.717, 1.165) is 70.1 Å². The maximum atomic E-state index is 12.7. The number of phosphoric ester groups is 2. The van der Waals surface area contributed by atoms with Crippen LogP contribution in [0.4, 0.5) is 0 Å². The zero-order chi connectivity index (χ0) is 48.8. The van der Waals surface area contributed by atoms with Crippen LogP contribution in [0.3, 0.4) is 0 Å². The van der Waals surface area contributed by atoms with E-state index < -0.39 is 66.2 Å². The van der Waals surface area contributed by atoms with E-state index in [-0.39, 0.29) is 19.4 Å². The van der Waals surface area contributed by atoms with Crippen LogP contribution in [-0.2, 0) is 41.8 Å². The summed E-state index contributed by atoms with van der Waals surface area (Å²) in [6, 6.07) is 0. The van der Waals surface area contributed by atoms with Gasteiger partial charge in [0.05, 0.1) is 19.8 Å². The van der Waals surface area contributed by atoms with Crippen LogP contribution in [0.2, 0.25) is 0 Å². The maximum Gasteiger partial charge on any atom is 0.472 e. The SMILES string of the molecule is CC(C)CCCCCCCCCCCCCCCCCCCCC(=O)OC[C@H](COP(=O)(O)OC[C@@H](O)COP(=O)(O)O)OC(=O)CCC/C=C\C/C=C\C/C=C\C/C=C\CCCCCO. The topological polar surface area (TPSA) is 216 Å². The van der Waals surface area contributed by atoms with Gasteiger partial charge < -0.3 is 34.4 Å². The Morgan fingerprint density at radius 2 is 0.894 bits per heavy atom. The Morgan fingerprint density at radius 1 is 0.485 bits per heavy atom. The van der Waals surface area contributed by atoms with Crippen molar-refractivity contribution in [3.05, 3.63) is 48.6 Å². The second-order valence-corrected chi connectivity index (χ2v) is 20.3. The first kappa shape index (κ1) is 64.0. The molecule has 0 aliphatic rings. The summed E-state index contributed by atoms with van der Waals surface area (Å²) in [5.41, 5.74) is 0. The quantitative estimate of drug-likeness (QED) is 0.0166. The van der Waals surface area contributed by atoms with Gasteiger partial charge in [0.1, 0.15) is 12.7 Å². The Bertz CT molecular complexity index is 1360. The van der Waals surface area contributed by atoms with E-state index >= 15 is 0 Å². The number of ether oxygens (including phenoxy) is 2. The Labute approximate surface area is 399 Å². The number of hydrogen-bond acceptors (Lipinski definition) is 11. The van der Waals surface area contributed by atoms with Crippen LogP contribution in [0.5, 0.6) is 0 Å². The van der Waals surface area contributed by atoms with Crippen molar-refractivity contribution in [3.63, 3.8) is 0 Å². The van der Waals surface area contributed by atoms with Gasteiger partial charge in [0.15, 0.2) is 6.10 Å². The molecule has 0 aromatic heterocycles. The summed E-state index contributed by atoms with van der Waals surface area (Å²) in [6.07, 6.45) is 45.5. The van der Waals surface area contributed by atoms with Gasteiger partial charge in [-0.3, -0.25) is 23.2 Å². The van der Waals surface area contributed by atoms with Gasteiger partial charge in [-0.05, 0) is 63.7 Å². The minimum absolute atomic E-state index is 0.0462. The third kappa shape index (κ3) is 49.9. The summed E-state index contributed by atoms with van der Waals surface area (Å²) in [6.45, 7) is 2.08. The maximum absolute atomic E-state index is 12.7. The molecule has 0 aromatic rings. The molecule has 0 radical (unpaired) electrons. The molecular formula is C50H92O14P2. The molecular weight excluding hydrogens is 886 g/mol. The molecule has 3 atom stereocenters. The Morgan fingerprint density at radius 3 is 1.38 bits per heavy atom. The monoisotopic (exact) mass is 979 g/mol. The molecule has 386 valence electrons. The fourth-order valence-electron chi connectivity index (χ4n) is 6.86. The molecule has 1 unspecified atom stereocenters. The van der Waals surface area contributed by atoms with E-state index in [9.17, 15) is 28.7 Å². The van der Waals surface area contributed by atoms with Gasteiger partial charge in [0.2, 0.25) is 0 Å². The average Bonchev–Trinajstić information content (AvgIpc) is 3.27. The van der Waals surface area contributed by atoms with E-state index in [2.05, 4.69) is 54.8 Å². The smallest absolute Gasteiger partial charge is 0.462 e. The van der Waals surface area contributed by atoms with Crippen LogP contribution < -0.4 is 0 Å². The lowest BCUT2D eigenvalue weighted by molar-refractivity contribution is -0.161. The number of phosphoric acid groups is 2. The fraction of sp³-hybridized carbons (Fsp3) is 0.800. The average molecular weight is 979 g/mol. The largest absolute Gasteiger partial charge is 0.472 e. The van der Waals surface area contributed by atoms with E-state index in [4.69, 9.17) is 33.4 Å². The van der Waals surface area contributed by atoms with Crippen molar-refractivity contribution >= 4 is 27.6 Å². The Balaban J connectivity index is 4.46. The fourth-order valence-corrected chi connectivity index (χ4v) is 8.02. The van der Waals surface area contributed by atoms with Crippen LogP contribution in [0, 0.1) is 5.92 Å². The number of allylic oxidation sites excluding steroid dienone is 8. The first-order chi connectivity index (χ1) is 31.7. The standard InChI is InChI=1S/C50H92O14P2/c1-46(2)38-34-30-26-22-18-14-10-6-3-4-7-11-15-19-23-27-31-35-39-49(53)60-44-48(45-63-66(58,59)62-43-47(52)42-61-65(55,56)57)64-50(54)40-36-32-28-24-20-16-12-8-5-9-13-17-21-25-29-33-37-41-51/h5,9,12,16-17,21,24,28,46-48,51-52H,3-4,6-8,10-11,13-15,18-20,22-23,25-27,29-45H2,1-2H3,(H,58,59)(H2,55,56,57)/b9-5-,16-12-,21-17-,28-24-/t47-,48+/m0/s1. The van der Waals surface area contributed by atoms with Crippen molar-refractivity contribution in [2.24, 2.45) is 5.92 Å². The molecule has 0 rings (SSSR count). The van der Waals surface area contributed by atoms with Crippen molar-refractivity contribution in [2.75, 3.05) is 33.0 Å². The highest BCUT2D eigenvalue weighted by Gasteiger charge is 2.28. The van der Waals surface area contributed by atoms with Crippen LogP contribution in [-0.4, -0.2) is 82.1 Å². The van der Waals surface area contributed by atoms with Crippen LogP contribution in [0.15, 0.2) is 48.6 Å². The first-order valence-electron chi connectivity index (χ1n) is 25.3. The van der Waals surface area contributed by atoms with E-state index in [1.807, 2.05) is 12.2 Å². The molecule has 0 saturated carbocycles. The summed E-state index contributed by atoms with van der Waals surface area (Å²) in [7, 11) is -9.71. The van der Waals surface area contributed by atoms with Crippen molar-refractivity contribution in [3.8, 4) is 0 Å². The normalized spacial score (nSPS) is 14.3. The van der Waals surface area contributed by atoms with Crippen LogP contribution in [0.25, 0.3) is 0 Å². The van der Waals surface area contributed by atoms with Gasteiger partial charge in [-0.15, -0.1) is 0 Å². The molecule has 5 N–H and O–H groups in total. The second-order valence-electron chi connectivity index (χ2n) is 17.6. The minimum atomic E-state index is -4.88. The van der Waals surface area contributed by atoms with Gasteiger partial charge >= 0.3 is 27.6 Å². The summed E-state index contributed by atoms with van der Waals surface area (Å²) < 4.78 is 47.9. The molecule has 16 heteroatoms. The number of rotatable bonds is 48. The van der Waals surface area contributed by atoms with Crippen molar-refractivity contribution < 1.29 is 66.7 Å². The zero-order valence-electron chi connectivity index (χ0n) is 40.9. The number of carbonyl (C=O) groups is 2. The van der Waals surface area contributed by atoms with E-state index in [1.165, 1.54) is 96.3 Å². The van der Waals surface area contributed by atoms with E-state index in [1.54, 1.807) is 0 Å². The molecule has 0 aromatic carbocycles. The molecule has 0 aliphatic heterocycles. The van der Waals surface area contributed by atoms with Gasteiger partial charge in [-0.1, -0.05) is 184 Å². The third-order valence-electron chi connectivity index (χ3n) is 10.7. The van der Waals surface area contributed by atoms with Crippen LogP contribution >= 0.6 is 15.6 Å².